The Morgan fingerprint density at radius 3 is 2.50 bits per heavy atom. The highest BCUT2D eigenvalue weighted by molar-refractivity contribution is 5.80. The average Bonchev–Trinajstić information content (AvgIpc) is 2.26. The lowest BCUT2D eigenvalue weighted by Gasteiger charge is -2.06. The van der Waals surface area contributed by atoms with E-state index in [4.69, 9.17) is 9.84 Å². The molecule has 1 N–H and O–H groups in total. The molecule has 0 unspecified atom stereocenters. The van der Waals surface area contributed by atoms with Gasteiger partial charge in [0.05, 0.1) is 0 Å². The number of hydrogen-bond donors (Lipinski definition) is 1. The van der Waals surface area contributed by atoms with E-state index in [0.29, 0.717) is 12.2 Å². The fraction of sp³-hybridized carbons (Fsp3) is 0.308. The van der Waals surface area contributed by atoms with Crippen LogP contribution in [0.4, 0.5) is 0 Å². The largest absolute Gasteiger partial charge is 0.489 e. The van der Waals surface area contributed by atoms with Crippen molar-refractivity contribution >= 4 is 5.97 Å². The number of ether oxygens (including phenoxy) is 1. The summed E-state index contributed by atoms with van der Waals surface area (Å²) in [6, 6.07) is 7.80. The monoisotopic (exact) mass is 220 g/mol. The Morgan fingerprint density at radius 2 is 2.00 bits per heavy atom. The van der Waals surface area contributed by atoms with Crippen LogP contribution in [0.15, 0.2) is 35.9 Å². The van der Waals surface area contributed by atoms with E-state index in [1.807, 2.05) is 24.3 Å². The number of aryl methyl sites for hydroxylation is 1. The van der Waals surface area contributed by atoms with Crippen LogP contribution >= 0.6 is 0 Å². The Balaban J connectivity index is 2.51. The van der Waals surface area contributed by atoms with E-state index in [2.05, 4.69) is 6.92 Å². The molecule has 3 heteroatoms. The van der Waals surface area contributed by atoms with E-state index >= 15 is 0 Å². The third-order valence-electron chi connectivity index (χ3n) is 2.17. The summed E-state index contributed by atoms with van der Waals surface area (Å²) < 4.78 is 5.44. The van der Waals surface area contributed by atoms with Gasteiger partial charge in [0, 0.05) is 6.08 Å². The number of rotatable bonds is 5. The number of aliphatic carboxylic acids is 1. The molecule has 0 aliphatic rings. The first-order valence-corrected chi connectivity index (χ1v) is 5.23. The summed E-state index contributed by atoms with van der Waals surface area (Å²) in [4.78, 5) is 10.4. The van der Waals surface area contributed by atoms with E-state index in [9.17, 15) is 4.79 Å². The van der Waals surface area contributed by atoms with Gasteiger partial charge in [0.25, 0.3) is 0 Å². The minimum Gasteiger partial charge on any atom is -0.489 e. The Morgan fingerprint density at radius 1 is 1.38 bits per heavy atom. The van der Waals surface area contributed by atoms with E-state index in [0.717, 1.165) is 18.2 Å². The molecular weight excluding hydrogens is 204 g/mol. The normalized spacial score (nSPS) is 11.2. The fourth-order valence-electron chi connectivity index (χ4n) is 1.27. The highest BCUT2D eigenvalue weighted by Gasteiger charge is 1.97. The Labute approximate surface area is 95.4 Å². The molecule has 1 aromatic rings. The molecular formula is C13H16O3. The average molecular weight is 220 g/mol. The zero-order chi connectivity index (χ0) is 12.0. The summed E-state index contributed by atoms with van der Waals surface area (Å²) in [5, 5.41) is 8.52. The maximum atomic E-state index is 10.4. The molecule has 16 heavy (non-hydrogen) atoms. The molecule has 1 aromatic carbocycles. The quantitative estimate of drug-likeness (QED) is 0.776. The van der Waals surface area contributed by atoms with Gasteiger partial charge < -0.3 is 9.84 Å². The Hall–Kier alpha value is -1.77. The molecule has 0 spiro atoms. The molecule has 0 amide bonds. The predicted octanol–water partition coefficient (Wildman–Crippen LogP) is 2.66. The van der Waals surface area contributed by atoms with Crippen LogP contribution in [-0.2, 0) is 11.2 Å². The first-order valence-electron chi connectivity index (χ1n) is 5.23. The van der Waals surface area contributed by atoms with Crippen molar-refractivity contribution in [1.29, 1.82) is 0 Å². The van der Waals surface area contributed by atoms with Crippen LogP contribution < -0.4 is 4.74 Å². The molecule has 0 saturated carbocycles. The third kappa shape index (κ3) is 4.17. The van der Waals surface area contributed by atoms with Gasteiger partial charge in [-0.2, -0.15) is 0 Å². The standard InChI is InChI=1S/C13H16O3/c1-3-11-4-6-12(7-5-11)16-9-10(2)8-13(14)15/h4-8H,3,9H2,1-2H3,(H,14,15). The summed E-state index contributed by atoms with van der Waals surface area (Å²) in [5.74, 6) is -0.183. The summed E-state index contributed by atoms with van der Waals surface area (Å²) in [6.07, 6.45) is 2.15. The lowest BCUT2D eigenvalue weighted by molar-refractivity contribution is -0.131. The summed E-state index contributed by atoms with van der Waals surface area (Å²) in [6.45, 7) is 4.13. The molecule has 0 atom stereocenters. The first kappa shape index (κ1) is 12.3. The smallest absolute Gasteiger partial charge is 0.328 e. The molecule has 0 aromatic heterocycles. The number of benzene rings is 1. The maximum absolute atomic E-state index is 10.4. The summed E-state index contributed by atoms with van der Waals surface area (Å²) in [7, 11) is 0. The van der Waals surface area contributed by atoms with Crippen molar-refractivity contribution in [3.63, 3.8) is 0 Å². The minimum absolute atomic E-state index is 0.303. The maximum Gasteiger partial charge on any atom is 0.328 e. The lowest BCUT2D eigenvalue weighted by Crippen LogP contribution is -2.01. The van der Waals surface area contributed by atoms with E-state index < -0.39 is 5.97 Å². The van der Waals surface area contributed by atoms with Gasteiger partial charge in [-0.1, -0.05) is 19.1 Å². The van der Waals surface area contributed by atoms with Crippen molar-refractivity contribution in [2.24, 2.45) is 0 Å². The molecule has 0 aliphatic carbocycles. The van der Waals surface area contributed by atoms with E-state index in [1.165, 1.54) is 5.56 Å². The van der Waals surface area contributed by atoms with Crippen LogP contribution in [0.25, 0.3) is 0 Å². The highest BCUT2D eigenvalue weighted by Crippen LogP contribution is 2.13. The SMILES string of the molecule is CCc1ccc(OCC(C)=CC(=O)O)cc1. The second kappa shape index (κ2) is 5.95. The van der Waals surface area contributed by atoms with Crippen molar-refractivity contribution < 1.29 is 14.6 Å². The second-order valence-corrected chi connectivity index (χ2v) is 3.62. The molecule has 0 aliphatic heterocycles. The predicted molar refractivity (Wildman–Crippen MR) is 62.7 cm³/mol. The summed E-state index contributed by atoms with van der Waals surface area (Å²) in [5.41, 5.74) is 1.94. The molecule has 86 valence electrons. The van der Waals surface area contributed by atoms with E-state index in [-0.39, 0.29) is 0 Å². The molecule has 1 rings (SSSR count). The second-order valence-electron chi connectivity index (χ2n) is 3.62. The van der Waals surface area contributed by atoms with Gasteiger partial charge in [0.1, 0.15) is 12.4 Å². The van der Waals surface area contributed by atoms with Crippen molar-refractivity contribution in [3.8, 4) is 5.75 Å². The van der Waals surface area contributed by atoms with Crippen molar-refractivity contribution in [2.45, 2.75) is 20.3 Å². The van der Waals surface area contributed by atoms with Gasteiger partial charge in [0.15, 0.2) is 0 Å². The van der Waals surface area contributed by atoms with Gasteiger partial charge in [-0.25, -0.2) is 4.79 Å². The Bertz CT molecular complexity index is 377. The fourth-order valence-corrected chi connectivity index (χ4v) is 1.27. The molecule has 0 radical (unpaired) electrons. The van der Waals surface area contributed by atoms with Crippen LogP contribution in [0.5, 0.6) is 5.75 Å². The van der Waals surface area contributed by atoms with Crippen molar-refractivity contribution in [1.82, 2.24) is 0 Å². The Kier molecular flexibility index (Phi) is 4.58. The zero-order valence-electron chi connectivity index (χ0n) is 9.56. The molecule has 3 nitrogen and oxygen atoms in total. The van der Waals surface area contributed by atoms with Gasteiger partial charge in [-0.15, -0.1) is 0 Å². The first-order chi connectivity index (χ1) is 7.61. The van der Waals surface area contributed by atoms with Gasteiger partial charge in [-0.05, 0) is 36.6 Å². The van der Waals surface area contributed by atoms with Crippen LogP contribution in [0.3, 0.4) is 0 Å². The lowest BCUT2D eigenvalue weighted by atomic mass is 10.2. The van der Waals surface area contributed by atoms with Crippen LogP contribution in [-0.4, -0.2) is 17.7 Å². The van der Waals surface area contributed by atoms with Crippen molar-refractivity contribution in [2.75, 3.05) is 6.61 Å². The zero-order valence-corrected chi connectivity index (χ0v) is 9.56. The third-order valence-corrected chi connectivity index (χ3v) is 2.17. The topological polar surface area (TPSA) is 46.5 Å². The molecule has 0 fully saturated rings. The minimum atomic E-state index is -0.942. The number of carboxylic acids is 1. The van der Waals surface area contributed by atoms with Gasteiger partial charge in [0.2, 0.25) is 0 Å². The number of hydrogen-bond acceptors (Lipinski definition) is 2. The van der Waals surface area contributed by atoms with E-state index in [1.54, 1.807) is 6.92 Å². The molecule has 0 bridgehead atoms. The van der Waals surface area contributed by atoms with Gasteiger partial charge in [-0.3, -0.25) is 0 Å². The summed E-state index contributed by atoms with van der Waals surface area (Å²) >= 11 is 0. The number of carbonyl (C=O) groups is 1. The highest BCUT2D eigenvalue weighted by atomic mass is 16.5. The number of carboxylic acid groups (broad SMARTS) is 1. The van der Waals surface area contributed by atoms with Crippen LogP contribution in [0.1, 0.15) is 19.4 Å². The molecule has 0 heterocycles. The van der Waals surface area contributed by atoms with Crippen LogP contribution in [0.2, 0.25) is 0 Å². The van der Waals surface area contributed by atoms with Gasteiger partial charge >= 0.3 is 5.97 Å². The molecule has 0 saturated heterocycles. The van der Waals surface area contributed by atoms with Crippen molar-refractivity contribution in [3.05, 3.63) is 41.5 Å². The van der Waals surface area contributed by atoms with Crippen LogP contribution in [0, 0.1) is 0 Å².